The van der Waals surface area contributed by atoms with Crippen LogP contribution in [0.15, 0.2) is 47.2 Å². The van der Waals surface area contributed by atoms with Gasteiger partial charge >= 0.3 is 0 Å². The minimum atomic E-state index is 0.459. The van der Waals surface area contributed by atoms with Gasteiger partial charge in [-0.25, -0.2) is 4.98 Å². The van der Waals surface area contributed by atoms with Gasteiger partial charge in [0.15, 0.2) is 17.3 Å². The summed E-state index contributed by atoms with van der Waals surface area (Å²) in [4.78, 5) is 8.69. The van der Waals surface area contributed by atoms with E-state index in [2.05, 4.69) is 36.5 Å². The summed E-state index contributed by atoms with van der Waals surface area (Å²) < 4.78 is 18.7. The summed E-state index contributed by atoms with van der Waals surface area (Å²) in [5.74, 6) is 3.24. The van der Waals surface area contributed by atoms with Gasteiger partial charge in [-0.3, -0.25) is 0 Å². The van der Waals surface area contributed by atoms with E-state index in [0.29, 0.717) is 48.6 Å². The monoisotopic (exact) mass is 440 g/mol. The Morgan fingerprint density at radius 2 is 1.86 bits per heavy atom. The Morgan fingerprint density at radius 3 is 2.71 bits per heavy atom. The summed E-state index contributed by atoms with van der Waals surface area (Å²) in [5, 5.41) is 6.70. The summed E-state index contributed by atoms with van der Waals surface area (Å²) >= 11 is 3.48. The molecule has 0 atom stereocenters. The molecule has 2 N–H and O–H groups in total. The van der Waals surface area contributed by atoms with E-state index in [1.54, 1.807) is 0 Å². The van der Waals surface area contributed by atoms with Gasteiger partial charge in [0, 0.05) is 34.8 Å². The number of nitrogens with zero attached hydrogens (tertiary/aromatic N) is 2. The van der Waals surface area contributed by atoms with Crippen LogP contribution in [0, 0.1) is 0 Å². The molecule has 5 rings (SSSR count). The first-order valence-corrected chi connectivity index (χ1v) is 9.77. The quantitative estimate of drug-likeness (QED) is 0.588. The zero-order valence-corrected chi connectivity index (χ0v) is 16.5. The fraction of sp³-hybridized carbons (Fsp3) is 0.200. The molecule has 0 bridgehead atoms. The number of halogens is 1. The Balaban J connectivity index is 1.49. The zero-order chi connectivity index (χ0) is 18.9. The summed E-state index contributed by atoms with van der Waals surface area (Å²) in [6.07, 6.45) is 2.34. The van der Waals surface area contributed by atoms with Gasteiger partial charge in [0.05, 0.1) is 13.2 Å². The maximum atomic E-state index is 6.11. The van der Waals surface area contributed by atoms with Crippen molar-refractivity contribution in [2.45, 2.75) is 13.0 Å². The van der Waals surface area contributed by atoms with E-state index in [9.17, 15) is 0 Å². The standard InChI is InChI=1S/C20H17BrN4O3/c21-13-3-1-4-14(8-13)25-19-18-20(24-11-23-19)28-15-9-17-16(7-12(15)10-22-18)26-5-2-6-27-17/h1,3-4,7-9,11,22H,2,5-6,10H2,(H,23,24,25). The van der Waals surface area contributed by atoms with E-state index in [1.165, 1.54) is 6.33 Å². The number of rotatable bonds is 2. The predicted molar refractivity (Wildman–Crippen MR) is 109 cm³/mol. The lowest BCUT2D eigenvalue weighted by Crippen LogP contribution is -2.04. The zero-order valence-electron chi connectivity index (χ0n) is 14.9. The van der Waals surface area contributed by atoms with E-state index in [4.69, 9.17) is 14.2 Å². The second-order valence-corrected chi connectivity index (χ2v) is 7.37. The highest BCUT2D eigenvalue weighted by atomic mass is 79.9. The smallest absolute Gasteiger partial charge is 0.248 e. The Bertz CT molecular complexity index is 1040. The van der Waals surface area contributed by atoms with Crippen molar-refractivity contribution in [3.8, 4) is 23.1 Å². The first kappa shape index (κ1) is 17.1. The second-order valence-electron chi connectivity index (χ2n) is 6.45. The molecule has 142 valence electrons. The van der Waals surface area contributed by atoms with Crippen molar-refractivity contribution < 1.29 is 14.2 Å². The number of fused-ring (bicyclic) bond motifs is 3. The van der Waals surface area contributed by atoms with Crippen molar-refractivity contribution in [1.82, 2.24) is 9.97 Å². The van der Waals surface area contributed by atoms with Crippen LogP contribution in [0.1, 0.15) is 12.0 Å². The first-order valence-electron chi connectivity index (χ1n) is 8.98. The average molecular weight is 441 g/mol. The average Bonchev–Trinajstić information content (AvgIpc) is 3.02. The summed E-state index contributed by atoms with van der Waals surface area (Å²) in [6, 6.07) is 11.7. The SMILES string of the molecule is Brc1cccc(Nc2ncnc3c2NCc2cc4c(cc2O3)OCCCO4)c1. The van der Waals surface area contributed by atoms with Crippen LogP contribution in [-0.4, -0.2) is 23.2 Å². The molecule has 0 radical (unpaired) electrons. The van der Waals surface area contributed by atoms with Gasteiger partial charge in [0.25, 0.3) is 0 Å². The highest BCUT2D eigenvalue weighted by Gasteiger charge is 2.23. The number of benzene rings is 2. The third-order valence-corrected chi connectivity index (χ3v) is 4.99. The third-order valence-electron chi connectivity index (χ3n) is 4.49. The molecule has 0 spiro atoms. The van der Waals surface area contributed by atoms with Crippen LogP contribution in [0.4, 0.5) is 17.2 Å². The number of aromatic nitrogens is 2. The van der Waals surface area contributed by atoms with Gasteiger partial charge in [0.1, 0.15) is 17.8 Å². The maximum absolute atomic E-state index is 6.11. The number of hydrogen-bond acceptors (Lipinski definition) is 7. The molecule has 8 heteroatoms. The Labute approximate surface area is 170 Å². The molecule has 0 saturated heterocycles. The van der Waals surface area contributed by atoms with E-state index in [-0.39, 0.29) is 0 Å². The van der Waals surface area contributed by atoms with Gasteiger partial charge in [0.2, 0.25) is 5.88 Å². The van der Waals surface area contributed by atoms with Crippen LogP contribution < -0.4 is 24.8 Å². The molecule has 3 aromatic rings. The molecular weight excluding hydrogens is 424 g/mol. The topological polar surface area (TPSA) is 77.5 Å². The van der Waals surface area contributed by atoms with Gasteiger partial charge in [-0.2, -0.15) is 4.98 Å². The fourth-order valence-electron chi connectivity index (χ4n) is 3.16. The van der Waals surface area contributed by atoms with E-state index >= 15 is 0 Å². The highest BCUT2D eigenvalue weighted by molar-refractivity contribution is 9.10. The van der Waals surface area contributed by atoms with Gasteiger partial charge in [-0.15, -0.1) is 0 Å². The van der Waals surface area contributed by atoms with Crippen LogP contribution in [0.25, 0.3) is 0 Å². The van der Waals surface area contributed by atoms with Crippen molar-refractivity contribution in [2.75, 3.05) is 23.8 Å². The molecular formula is C20H17BrN4O3. The Hall–Kier alpha value is -3.00. The fourth-order valence-corrected chi connectivity index (χ4v) is 3.56. The lowest BCUT2D eigenvalue weighted by molar-refractivity contribution is 0.296. The molecule has 0 amide bonds. The number of hydrogen-bond donors (Lipinski definition) is 2. The molecule has 3 heterocycles. The first-order chi connectivity index (χ1) is 13.8. The third kappa shape index (κ3) is 3.31. The van der Waals surface area contributed by atoms with Gasteiger partial charge < -0.3 is 24.8 Å². The number of nitrogens with one attached hydrogen (secondary N) is 2. The Morgan fingerprint density at radius 1 is 1.00 bits per heavy atom. The highest BCUT2D eigenvalue weighted by Crippen LogP contribution is 2.43. The van der Waals surface area contributed by atoms with E-state index < -0.39 is 0 Å². The molecule has 2 aromatic carbocycles. The van der Waals surface area contributed by atoms with Crippen molar-refractivity contribution in [3.63, 3.8) is 0 Å². The molecule has 1 aromatic heterocycles. The van der Waals surface area contributed by atoms with Crippen molar-refractivity contribution in [3.05, 3.63) is 52.8 Å². The molecule has 2 aliphatic rings. The van der Waals surface area contributed by atoms with Gasteiger partial charge in [-0.05, 0) is 24.3 Å². The normalized spacial score (nSPS) is 14.5. The molecule has 2 aliphatic heterocycles. The van der Waals surface area contributed by atoms with Crippen LogP contribution in [0.5, 0.6) is 23.1 Å². The van der Waals surface area contributed by atoms with Crippen LogP contribution in [0.3, 0.4) is 0 Å². The lowest BCUT2D eigenvalue weighted by Gasteiger charge is -2.13. The number of ether oxygens (including phenoxy) is 3. The van der Waals surface area contributed by atoms with Crippen molar-refractivity contribution >= 4 is 33.1 Å². The molecule has 0 unspecified atom stereocenters. The minimum Gasteiger partial charge on any atom is -0.490 e. The van der Waals surface area contributed by atoms with Crippen molar-refractivity contribution in [1.29, 1.82) is 0 Å². The number of anilines is 3. The lowest BCUT2D eigenvalue weighted by atomic mass is 10.1. The largest absolute Gasteiger partial charge is 0.490 e. The predicted octanol–water partition coefficient (Wildman–Crippen LogP) is 4.86. The maximum Gasteiger partial charge on any atom is 0.248 e. The second kappa shape index (κ2) is 7.20. The molecule has 7 nitrogen and oxygen atoms in total. The van der Waals surface area contributed by atoms with Gasteiger partial charge in [-0.1, -0.05) is 22.0 Å². The van der Waals surface area contributed by atoms with Crippen molar-refractivity contribution in [2.24, 2.45) is 0 Å². The minimum absolute atomic E-state index is 0.459. The van der Waals surface area contributed by atoms with E-state index in [1.807, 2.05) is 36.4 Å². The Kier molecular flexibility index (Phi) is 4.40. The molecule has 0 fully saturated rings. The van der Waals surface area contributed by atoms with E-state index in [0.717, 1.165) is 27.9 Å². The molecule has 0 saturated carbocycles. The summed E-state index contributed by atoms with van der Waals surface area (Å²) in [7, 11) is 0. The molecule has 28 heavy (non-hydrogen) atoms. The van der Waals surface area contributed by atoms with Crippen LogP contribution in [-0.2, 0) is 6.54 Å². The summed E-state index contributed by atoms with van der Waals surface area (Å²) in [5.41, 5.74) is 2.58. The van der Waals surface area contributed by atoms with Crippen LogP contribution >= 0.6 is 15.9 Å². The summed E-state index contributed by atoms with van der Waals surface area (Å²) in [6.45, 7) is 1.83. The van der Waals surface area contributed by atoms with Crippen LogP contribution in [0.2, 0.25) is 0 Å². The molecule has 0 aliphatic carbocycles.